The Bertz CT molecular complexity index is 2570. The number of allylic oxidation sites excluding steroid dienone is 36. The topological polar surface area (TPSA) is 108 Å². The second-order valence-electron chi connectivity index (χ2n) is 28.0. The molecule has 0 aromatic rings. The number of quaternary nitrogens is 1. The van der Waals surface area contributed by atoms with E-state index in [1.165, 1.54) is 109 Å². The van der Waals surface area contributed by atoms with E-state index in [1.807, 2.05) is 21.1 Å². The van der Waals surface area contributed by atoms with Crippen LogP contribution in [0.4, 0.5) is 0 Å². The molecule has 0 radical (unpaired) electrons. The van der Waals surface area contributed by atoms with E-state index in [0.717, 1.165) is 167 Å². The second kappa shape index (κ2) is 81.4. The lowest BCUT2D eigenvalue weighted by molar-refractivity contribution is -0.870. The Morgan fingerprint density at radius 3 is 0.769 bits per heavy atom. The maximum absolute atomic E-state index is 12.9. The van der Waals surface area contributed by atoms with Gasteiger partial charge in [0.15, 0.2) is 6.10 Å². The molecule has 9 nitrogen and oxygen atoms in total. The standard InChI is InChI=1S/C94H152NO8P/c1-6-8-10-12-14-16-18-20-22-24-26-28-30-32-34-36-38-40-42-44-46-47-49-50-52-54-56-58-60-62-64-66-68-70-72-74-76-78-80-82-84-86-93(96)100-90-92(91-102-104(98,99)101-89-88-95(3,4)5)103-94(97)87-85-83-81-79-77-75-73-71-69-67-65-63-61-59-57-55-53-51-48-45-43-41-39-37-35-33-31-29-27-25-23-21-19-17-15-13-11-9-7-2/h8-11,14-17,20-23,26-29,32-35,38-41,44-46,48,53,55,59,61,65,67,71,73,92H,6-7,12-13,18-19,24-25,30-31,36-37,42-43,47,49-52,54,56-58,60,62-64,66,68-70,72,74-91H2,1-5H3/p+1/b10-8-,11-9-,16-14-,17-15-,22-20-,23-21-,28-26-,29-27-,34-32-,35-33-,40-38-,41-39-,46-44-,48-45-,55-53-,61-59-,67-65-,73-71-. The van der Waals surface area contributed by atoms with Crippen molar-refractivity contribution in [1.29, 1.82) is 0 Å². The Labute approximate surface area is 639 Å². The van der Waals surface area contributed by atoms with Gasteiger partial charge in [0.05, 0.1) is 27.7 Å². The molecule has 1 N–H and O–H groups in total. The molecule has 0 aliphatic carbocycles. The number of ether oxygens (including phenoxy) is 2. The fraction of sp³-hybridized carbons (Fsp3) is 0.596. The molecule has 0 rings (SSSR count). The van der Waals surface area contributed by atoms with Crippen molar-refractivity contribution in [3.63, 3.8) is 0 Å². The van der Waals surface area contributed by atoms with Gasteiger partial charge < -0.3 is 18.9 Å². The molecular formula is C94H153NO8P+. The first kappa shape index (κ1) is 98.3. The summed E-state index contributed by atoms with van der Waals surface area (Å²) < 4.78 is 34.8. The minimum atomic E-state index is -4.42. The van der Waals surface area contributed by atoms with E-state index in [9.17, 15) is 19.0 Å². The molecule has 0 amide bonds. The highest BCUT2D eigenvalue weighted by Gasteiger charge is 2.27. The van der Waals surface area contributed by atoms with Gasteiger partial charge in [0, 0.05) is 12.8 Å². The molecule has 0 aromatic heterocycles. The molecule has 104 heavy (non-hydrogen) atoms. The number of unbranched alkanes of at least 4 members (excludes halogenated alkanes) is 24. The van der Waals surface area contributed by atoms with Crippen LogP contribution in [0, 0.1) is 0 Å². The summed E-state index contributed by atoms with van der Waals surface area (Å²) in [4.78, 5) is 36.0. The number of rotatable bonds is 74. The summed E-state index contributed by atoms with van der Waals surface area (Å²) >= 11 is 0. The van der Waals surface area contributed by atoms with Gasteiger partial charge in [0.1, 0.15) is 19.8 Å². The Balaban J connectivity index is 4.06. The Hall–Kier alpha value is -5.67. The largest absolute Gasteiger partial charge is 0.472 e. The third kappa shape index (κ3) is 85.3. The minimum Gasteiger partial charge on any atom is -0.462 e. The van der Waals surface area contributed by atoms with Crippen LogP contribution in [0.15, 0.2) is 219 Å². The third-order valence-corrected chi connectivity index (χ3v) is 18.0. The lowest BCUT2D eigenvalue weighted by atomic mass is 10.0. The second-order valence-corrected chi connectivity index (χ2v) is 29.5. The Morgan fingerprint density at radius 1 is 0.298 bits per heavy atom. The van der Waals surface area contributed by atoms with Crippen molar-refractivity contribution in [2.45, 2.75) is 315 Å². The van der Waals surface area contributed by atoms with Crippen molar-refractivity contribution in [3.8, 4) is 0 Å². The number of nitrogens with zero attached hydrogens (tertiary/aromatic N) is 1. The molecule has 0 spiro atoms. The molecule has 0 aliphatic heterocycles. The van der Waals surface area contributed by atoms with Crippen molar-refractivity contribution < 1.29 is 42.1 Å². The molecule has 0 bridgehead atoms. The van der Waals surface area contributed by atoms with Gasteiger partial charge in [-0.1, -0.05) is 361 Å². The SMILES string of the molecule is CC/C=C\C/C=C\C/C=C\C/C=C\C/C=C\C/C=C\C/C=C\C/C=C\C/C=C\C/C=C\C/C=C\CCCCCCCC(=O)OC(COC(=O)CCCCCCCCCCCCCCCCCCCCC/C=C\C/C=C\C/C=C\C/C=C\C/C=C\C/C=C\C/C=C\CC)COP(=O)(O)OCC[N+](C)(C)C. The van der Waals surface area contributed by atoms with Crippen LogP contribution < -0.4 is 0 Å². The van der Waals surface area contributed by atoms with Gasteiger partial charge >= 0.3 is 19.8 Å². The van der Waals surface area contributed by atoms with Gasteiger partial charge in [-0.3, -0.25) is 18.6 Å². The Morgan fingerprint density at radius 2 is 0.519 bits per heavy atom. The van der Waals surface area contributed by atoms with Gasteiger partial charge in [0.25, 0.3) is 0 Å². The van der Waals surface area contributed by atoms with Gasteiger partial charge in [-0.25, -0.2) is 4.57 Å². The van der Waals surface area contributed by atoms with Crippen LogP contribution in [0.5, 0.6) is 0 Å². The Kier molecular flexibility index (Phi) is 77.0. The lowest BCUT2D eigenvalue weighted by Gasteiger charge is -2.24. The van der Waals surface area contributed by atoms with E-state index in [0.29, 0.717) is 17.4 Å². The highest BCUT2D eigenvalue weighted by atomic mass is 31.2. The zero-order chi connectivity index (χ0) is 75.4. The quantitative estimate of drug-likeness (QED) is 0.0211. The average Bonchev–Trinajstić information content (AvgIpc) is 0.915. The highest BCUT2D eigenvalue weighted by Crippen LogP contribution is 2.43. The fourth-order valence-corrected chi connectivity index (χ4v) is 11.5. The molecule has 0 aliphatic rings. The van der Waals surface area contributed by atoms with Gasteiger partial charge in [-0.05, 0) is 154 Å². The molecule has 2 unspecified atom stereocenters. The monoisotopic (exact) mass is 1460 g/mol. The molecule has 0 fully saturated rings. The maximum Gasteiger partial charge on any atom is 0.472 e. The number of hydrogen-bond acceptors (Lipinski definition) is 7. The normalized spacial score (nSPS) is 14.2. The van der Waals surface area contributed by atoms with Crippen LogP contribution in [0.1, 0.15) is 309 Å². The number of esters is 2. The highest BCUT2D eigenvalue weighted by molar-refractivity contribution is 7.47. The molecule has 0 heterocycles. The van der Waals surface area contributed by atoms with Crippen molar-refractivity contribution in [2.75, 3.05) is 47.5 Å². The smallest absolute Gasteiger partial charge is 0.462 e. The summed E-state index contributed by atoms with van der Waals surface area (Å²) in [6.45, 7) is 4.18. The first-order valence-corrected chi connectivity index (χ1v) is 43.0. The number of phosphoric ester groups is 1. The number of phosphoric acid groups is 1. The summed E-state index contributed by atoms with van der Waals surface area (Å²) in [6, 6.07) is 0. The molecule has 0 aromatic carbocycles. The maximum atomic E-state index is 12.9. The van der Waals surface area contributed by atoms with Crippen molar-refractivity contribution >= 4 is 19.8 Å². The summed E-state index contributed by atoms with van der Waals surface area (Å²) in [5.74, 6) is -0.825. The predicted octanol–water partition coefficient (Wildman–Crippen LogP) is 28.3. The van der Waals surface area contributed by atoms with E-state index < -0.39 is 26.5 Å². The van der Waals surface area contributed by atoms with Crippen LogP contribution in [0.2, 0.25) is 0 Å². The van der Waals surface area contributed by atoms with E-state index in [-0.39, 0.29) is 32.0 Å². The van der Waals surface area contributed by atoms with Crippen LogP contribution in [0.25, 0.3) is 0 Å². The lowest BCUT2D eigenvalue weighted by Crippen LogP contribution is -2.37. The molecule has 0 saturated carbocycles. The van der Waals surface area contributed by atoms with Crippen molar-refractivity contribution in [1.82, 2.24) is 0 Å². The van der Waals surface area contributed by atoms with Gasteiger partial charge in [-0.2, -0.15) is 0 Å². The number of likely N-dealkylation sites (N-methyl/N-ethyl adjacent to an activating group) is 1. The van der Waals surface area contributed by atoms with Crippen LogP contribution in [0.3, 0.4) is 0 Å². The average molecular weight is 1460 g/mol. The summed E-state index contributed by atoms with van der Waals surface area (Å²) in [6.07, 6.45) is 129. The zero-order valence-corrected chi connectivity index (χ0v) is 67.8. The molecule has 0 saturated heterocycles. The van der Waals surface area contributed by atoms with Crippen LogP contribution in [-0.2, 0) is 32.7 Å². The molecule has 586 valence electrons. The first-order chi connectivity index (χ1) is 51.0. The van der Waals surface area contributed by atoms with E-state index in [2.05, 4.69) is 233 Å². The van der Waals surface area contributed by atoms with Gasteiger partial charge in [0.2, 0.25) is 0 Å². The minimum absolute atomic E-state index is 0.0182. The van der Waals surface area contributed by atoms with E-state index in [1.54, 1.807) is 0 Å². The van der Waals surface area contributed by atoms with Crippen LogP contribution in [-0.4, -0.2) is 74.9 Å². The zero-order valence-electron chi connectivity index (χ0n) is 66.9. The summed E-state index contributed by atoms with van der Waals surface area (Å²) in [7, 11) is 1.44. The third-order valence-electron chi connectivity index (χ3n) is 17.0. The summed E-state index contributed by atoms with van der Waals surface area (Å²) in [5.41, 5.74) is 0. The predicted molar refractivity (Wildman–Crippen MR) is 454 cm³/mol. The van der Waals surface area contributed by atoms with Crippen molar-refractivity contribution in [3.05, 3.63) is 219 Å². The number of carbonyl (C=O) groups is 2. The number of hydrogen-bond donors (Lipinski definition) is 1. The summed E-state index contributed by atoms with van der Waals surface area (Å²) in [5, 5.41) is 0. The van der Waals surface area contributed by atoms with Gasteiger partial charge in [-0.15, -0.1) is 0 Å². The number of carbonyl (C=O) groups excluding carboxylic acids is 2. The fourth-order valence-electron chi connectivity index (χ4n) is 10.8. The molecule has 2 atom stereocenters. The molecular weight excluding hydrogens is 1300 g/mol. The van der Waals surface area contributed by atoms with Crippen LogP contribution >= 0.6 is 7.82 Å². The van der Waals surface area contributed by atoms with E-state index in [4.69, 9.17) is 18.5 Å². The first-order valence-electron chi connectivity index (χ1n) is 41.5. The molecule has 10 heteroatoms. The van der Waals surface area contributed by atoms with Crippen molar-refractivity contribution in [2.24, 2.45) is 0 Å². The van der Waals surface area contributed by atoms with E-state index >= 15 is 0 Å².